The third-order valence-electron chi connectivity index (χ3n) is 2.43. The molecule has 1 rings (SSSR count). The summed E-state index contributed by atoms with van der Waals surface area (Å²) in [5, 5.41) is 12.4. The van der Waals surface area contributed by atoms with Crippen LogP contribution >= 0.6 is 11.6 Å². The summed E-state index contributed by atoms with van der Waals surface area (Å²) >= 11 is 6.00. The fourth-order valence-corrected chi connectivity index (χ4v) is 1.62. The highest BCUT2D eigenvalue weighted by atomic mass is 35.5. The monoisotopic (exact) mass is 287 g/mol. The summed E-state index contributed by atoms with van der Waals surface area (Å²) in [4.78, 5) is 11.4. The molecular weight excluding hydrogens is 270 g/mol. The summed E-state index contributed by atoms with van der Waals surface area (Å²) in [6.45, 7) is 2.43. The van der Waals surface area contributed by atoms with E-state index in [4.69, 9.17) is 21.1 Å². The van der Waals surface area contributed by atoms with Gasteiger partial charge in [-0.1, -0.05) is 17.7 Å². The summed E-state index contributed by atoms with van der Waals surface area (Å²) in [5.74, 6) is 0.167. The molecule has 0 heterocycles. The standard InChI is InChI=1S/C13H18ClNO4/c1-9(16)10-3-4-12(11(14)7-10)19-8-13(17)15-5-6-18-2/h3-4,7,9,16H,5-6,8H2,1-2H3,(H,15,17)/t9-/m0/s1. The van der Waals surface area contributed by atoms with Gasteiger partial charge in [0.1, 0.15) is 5.75 Å². The second-order valence-corrected chi connectivity index (χ2v) is 4.40. The topological polar surface area (TPSA) is 67.8 Å². The second-order valence-electron chi connectivity index (χ2n) is 4.00. The third-order valence-corrected chi connectivity index (χ3v) is 2.72. The molecule has 106 valence electrons. The minimum absolute atomic E-state index is 0.114. The van der Waals surface area contributed by atoms with E-state index in [2.05, 4.69) is 5.32 Å². The Bertz CT molecular complexity index is 423. The highest BCUT2D eigenvalue weighted by molar-refractivity contribution is 6.32. The lowest BCUT2D eigenvalue weighted by atomic mass is 10.1. The maximum Gasteiger partial charge on any atom is 0.258 e. The van der Waals surface area contributed by atoms with Crippen LogP contribution in [0.3, 0.4) is 0 Å². The van der Waals surface area contributed by atoms with Gasteiger partial charge in [-0.25, -0.2) is 0 Å². The van der Waals surface area contributed by atoms with E-state index in [1.165, 1.54) is 0 Å². The van der Waals surface area contributed by atoms with Crippen LogP contribution in [0.2, 0.25) is 5.02 Å². The first kappa shape index (κ1) is 15.8. The van der Waals surface area contributed by atoms with Gasteiger partial charge >= 0.3 is 0 Å². The lowest BCUT2D eigenvalue weighted by Crippen LogP contribution is -2.31. The highest BCUT2D eigenvalue weighted by Gasteiger charge is 2.08. The molecule has 1 amide bonds. The smallest absolute Gasteiger partial charge is 0.258 e. The van der Waals surface area contributed by atoms with Gasteiger partial charge in [0.25, 0.3) is 5.91 Å². The van der Waals surface area contributed by atoms with Crippen LogP contribution in [0.15, 0.2) is 18.2 Å². The number of halogens is 1. The maximum atomic E-state index is 11.4. The van der Waals surface area contributed by atoms with E-state index in [0.29, 0.717) is 29.5 Å². The normalized spacial score (nSPS) is 12.0. The lowest BCUT2D eigenvalue weighted by molar-refractivity contribution is -0.123. The lowest BCUT2D eigenvalue weighted by Gasteiger charge is -2.11. The van der Waals surface area contributed by atoms with Crippen LogP contribution in [0, 0.1) is 0 Å². The molecule has 1 aromatic carbocycles. The third kappa shape index (κ3) is 5.46. The van der Waals surface area contributed by atoms with Crippen molar-refractivity contribution in [2.75, 3.05) is 26.9 Å². The number of aliphatic hydroxyl groups excluding tert-OH is 1. The quantitative estimate of drug-likeness (QED) is 0.747. The van der Waals surface area contributed by atoms with Gasteiger partial charge in [0.05, 0.1) is 17.7 Å². The summed E-state index contributed by atoms with van der Waals surface area (Å²) in [6, 6.07) is 4.95. The predicted molar refractivity (Wildman–Crippen MR) is 72.5 cm³/mol. The van der Waals surface area contributed by atoms with Crippen LogP contribution in [0.4, 0.5) is 0 Å². The molecular formula is C13H18ClNO4. The van der Waals surface area contributed by atoms with Crippen molar-refractivity contribution in [1.29, 1.82) is 0 Å². The van der Waals surface area contributed by atoms with E-state index in [-0.39, 0.29) is 12.5 Å². The molecule has 0 radical (unpaired) electrons. The molecule has 1 atom stereocenters. The van der Waals surface area contributed by atoms with Crippen LogP contribution in [-0.4, -0.2) is 37.9 Å². The van der Waals surface area contributed by atoms with E-state index in [1.807, 2.05) is 0 Å². The van der Waals surface area contributed by atoms with Crippen molar-refractivity contribution in [3.05, 3.63) is 28.8 Å². The maximum absolute atomic E-state index is 11.4. The van der Waals surface area contributed by atoms with Gasteiger partial charge in [-0.15, -0.1) is 0 Å². The van der Waals surface area contributed by atoms with Crippen molar-refractivity contribution >= 4 is 17.5 Å². The number of hydrogen-bond acceptors (Lipinski definition) is 4. The zero-order valence-electron chi connectivity index (χ0n) is 11.0. The summed E-state index contributed by atoms with van der Waals surface area (Å²) in [7, 11) is 1.56. The number of carbonyl (C=O) groups excluding carboxylic acids is 1. The highest BCUT2D eigenvalue weighted by Crippen LogP contribution is 2.27. The molecule has 0 aliphatic heterocycles. The van der Waals surface area contributed by atoms with E-state index in [0.717, 1.165) is 0 Å². The fraction of sp³-hybridized carbons (Fsp3) is 0.462. The van der Waals surface area contributed by atoms with Crippen molar-refractivity contribution in [3.8, 4) is 5.75 Å². The Labute approximate surface area is 117 Å². The number of aliphatic hydroxyl groups is 1. The molecule has 2 N–H and O–H groups in total. The van der Waals surface area contributed by atoms with Crippen molar-refractivity contribution in [2.45, 2.75) is 13.0 Å². The Kier molecular flexibility index (Phi) is 6.62. The largest absolute Gasteiger partial charge is 0.482 e. The molecule has 0 aliphatic rings. The van der Waals surface area contributed by atoms with Crippen LogP contribution in [0.25, 0.3) is 0 Å². The van der Waals surface area contributed by atoms with Gasteiger partial charge in [0, 0.05) is 13.7 Å². The Balaban J connectivity index is 2.47. The number of hydrogen-bond donors (Lipinski definition) is 2. The Morgan fingerprint density at radius 1 is 1.53 bits per heavy atom. The average Bonchev–Trinajstić information content (AvgIpc) is 2.37. The fourth-order valence-electron chi connectivity index (χ4n) is 1.38. The van der Waals surface area contributed by atoms with Crippen LogP contribution in [-0.2, 0) is 9.53 Å². The first-order valence-electron chi connectivity index (χ1n) is 5.90. The first-order valence-corrected chi connectivity index (χ1v) is 6.28. The van der Waals surface area contributed by atoms with Crippen molar-refractivity contribution < 1.29 is 19.4 Å². The van der Waals surface area contributed by atoms with Gasteiger partial charge in [-0.2, -0.15) is 0 Å². The molecule has 0 fully saturated rings. The van der Waals surface area contributed by atoms with Crippen molar-refractivity contribution in [1.82, 2.24) is 5.32 Å². The van der Waals surface area contributed by atoms with E-state index < -0.39 is 6.10 Å². The molecule has 0 aromatic heterocycles. The number of benzene rings is 1. The zero-order valence-corrected chi connectivity index (χ0v) is 11.7. The van der Waals surface area contributed by atoms with Crippen LogP contribution < -0.4 is 10.1 Å². The Hall–Kier alpha value is -1.30. The number of rotatable bonds is 7. The SMILES string of the molecule is COCCNC(=O)COc1ccc([C@H](C)O)cc1Cl. The van der Waals surface area contributed by atoms with E-state index >= 15 is 0 Å². The number of nitrogens with one attached hydrogen (secondary N) is 1. The van der Waals surface area contributed by atoms with E-state index in [9.17, 15) is 9.90 Å². The summed E-state index contributed by atoms with van der Waals surface area (Å²) < 4.78 is 10.1. The Morgan fingerprint density at radius 3 is 2.84 bits per heavy atom. The minimum atomic E-state index is -0.594. The van der Waals surface area contributed by atoms with Gasteiger partial charge in [0.15, 0.2) is 6.61 Å². The molecule has 0 saturated heterocycles. The number of carbonyl (C=O) groups is 1. The van der Waals surface area contributed by atoms with Crippen molar-refractivity contribution in [2.24, 2.45) is 0 Å². The van der Waals surface area contributed by atoms with Gasteiger partial charge in [-0.05, 0) is 24.6 Å². The molecule has 0 aliphatic carbocycles. The van der Waals surface area contributed by atoms with Gasteiger partial charge in [-0.3, -0.25) is 4.79 Å². The molecule has 0 spiro atoms. The molecule has 0 saturated carbocycles. The van der Waals surface area contributed by atoms with Gasteiger partial charge < -0.3 is 19.9 Å². The number of methoxy groups -OCH3 is 1. The molecule has 0 bridgehead atoms. The van der Waals surface area contributed by atoms with Crippen LogP contribution in [0.1, 0.15) is 18.6 Å². The molecule has 5 nitrogen and oxygen atoms in total. The molecule has 0 unspecified atom stereocenters. The Morgan fingerprint density at radius 2 is 2.26 bits per heavy atom. The number of ether oxygens (including phenoxy) is 2. The summed E-state index contributed by atoms with van der Waals surface area (Å²) in [5.41, 5.74) is 0.696. The van der Waals surface area contributed by atoms with Crippen LogP contribution in [0.5, 0.6) is 5.75 Å². The number of amides is 1. The predicted octanol–water partition coefficient (Wildman–Crippen LogP) is 1.53. The van der Waals surface area contributed by atoms with E-state index in [1.54, 1.807) is 32.2 Å². The van der Waals surface area contributed by atoms with Crippen molar-refractivity contribution in [3.63, 3.8) is 0 Å². The minimum Gasteiger partial charge on any atom is -0.482 e. The molecule has 19 heavy (non-hydrogen) atoms. The van der Waals surface area contributed by atoms with Gasteiger partial charge in [0.2, 0.25) is 0 Å². The first-order chi connectivity index (χ1) is 9.04. The molecule has 6 heteroatoms. The zero-order chi connectivity index (χ0) is 14.3. The summed E-state index contributed by atoms with van der Waals surface area (Å²) in [6.07, 6.45) is -0.594. The second kappa shape index (κ2) is 7.99. The molecule has 1 aromatic rings. The average molecular weight is 288 g/mol.